The summed E-state index contributed by atoms with van der Waals surface area (Å²) in [5.74, 6) is -0.622. The van der Waals surface area contributed by atoms with Crippen LogP contribution >= 0.6 is 11.6 Å². The standard InChI is InChI=1S/C17H15ClN4O3/c18-10-6-2-4-8-12(10)20-15(23)13-14-19-11-7-3-1-5-9(11)17(25)22(14)21-16(13)24/h2,4,6,8,19H,1,3,5,7H2,(H,20,23)(H,21,24). The summed E-state index contributed by atoms with van der Waals surface area (Å²) in [6.07, 6.45) is 3.30. The number of para-hydroxylation sites is 1. The summed E-state index contributed by atoms with van der Waals surface area (Å²) in [4.78, 5) is 40.6. The second-order valence-electron chi connectivity index (χ2n) is 6.03. The van der Waals surface area contributed by atoms with Crippen molar-refractivity contribution in [2.45, 2.75) is 25.7 Å². The Balaban J connectivity index is 1.85. The fraction of sp³-hybridized carbons (Fsp3) is 0.235. The molecule has 0 radical (unpaired) electrons. The van der Waals surface area contributed by atoms with Gasteiger partial charge in [-0.2, -0.15) is 4.52 Å². The van der Waals surface area contributed by atoms with Gasteiger partial charge in [-0.3, -0.25) is 19.5 Å². The molecule has 1 amide bonds. The Labute approximate surface area is 146 Å². The number of aromatic amines is 2. The summed E-state index contributed by atoms with van der Waals surface area (Å²) in [5.41, 5.74) is 1.00. The van der Waals surface area contributed by atoms with Crippen LogP contribution in [-0.4, -0.2) is 20.5 Å². The molecule has 0 bridgehead atoms. The average molecular weight is 359 g/mol. The van der Waals surface area contributed by atoms with Crippen molar-refractivity contribution in [2.24, 2.45) is 0 Å². The maximum atomic E-state index is 12.6. The Hall–Kier alpha value is -2.80. The number of hydrogen-bond acceptors (Lipinski definition) is 3. The Morgan fingerprint density at radius 1 is 1.16 bits per heavy atom. The number of nitrogens with one attached hydrogen (secondary N) is 3. The van der Waals surface area contributed by atoms with Crippen LogP contribution in [0.25, 0.3) is 5.65 Å². The predicted octanol–water partition coefficient (Wildman–Crippen LogP) is 2.10. The molecule has 7 nitrogen and oxygen atoms in total. The van der Waals surface area contributed by atoms with Crippen LogP contribution in [0.3, 0.4) is 0 Å². The fourth-order valence-electron chi connectivity index (χ4n) is 3.22. The molecule has 1 aliphatic rings. The van der Waals surface area contributed by atoms with E-state index in [-0.39, 0.29) is 16.8 Å². The van der Waals surface area contributed by atoms with Crippen molar-refractivity contribution in [3.8, 4) is 0 Å². The molecule has 0 spiro atoms. The summed E-state index contributed by atoms with van der Waals surface area (Å²) < 4.78 is 1.12. The monoisotopic (exact) mass is 358 g/mol. The number of carbonyl (C=O) groups excluding carboxylic acids is 1. The van der Waals surface area contributed by atoms with Gasteiger partial charge in [-0.15, -0.1) is 0 Å². The van der Waals surface area contributed by atoms with E-state index in [1.54, 1.807) is 24.3 Å². The molecular formula is C17H15ClN4O3. The van der Waals surface area contributed by atoms with Crippen LogP contribution in [0.15, 0.2) is 33.9 Å². The largest absolute Gasteiger partial charge is 0.342 e. The maximum Gasteiger partial charge on any atom is 0.279 e. The molecule has 3 aromatic rings. The number of fused-ring (bicyclic) bond motifs is 2. The first-order valence-corrected chi connectivity index (χ1v) is 8.38. The van der Waals surface area contributed by atoms with E-state index < -0.39 is 11.5 Å². The maximum absolute atomic E-state index is 12.6. The summed E-state index contributed by atoms with van der Waals surface area (Å²) in [6, 6.07) is 6.74. The number of hydrogen-bond donors (Lipinski definition) is 3. The normalized spacial score (nSPS) is 13.6. The quantitative estimate of drug-likeness (QED) is 0.654. The van der Waals surface area contributed by atoms with E-state index in [2.05, 4.69) is 15.4 Å². The van der Waals surface area contributed by atoms with Gasteiger partial charge in [0.25, 0.3) is 17.0 Å². The minimum atomic E-state index is -0.625. The van der Waals surface area contributed by atoms with Gasteiger partial charge in [0.15, 0.2) is 5.65 Å². The highest BCUT2D eigenvalue weighted by atomic mass is 35.5. The van der Waals surface area contributed by atoms with E-state index in [0.717, 1.165) is 29.5 Å². The van der Waals surface area contributed by atoms with Gasteiger partial charge in [0, 0.05) is 11.3 Å². The zero-order chi connectivity index (χ0) is 17.6. The third kappa shape index (κ3) is 2.56. The van der Waals surface area contributed by atoms with Crippen molar-refractivity contribution >= 4 is 28.8 Å². The lowest BCUT2D eigenvalue weighted by Crippen LogP contribution is -2.25. The van der Waals surface area contributed by atoms with E-state index >= 15 is 0 Å². The number of aryl methyl sites for hydroxylation is 1. The molecule has 2 aromatic heterocycles. The minimum Gasteiger partial charge on any atom is -0.342 e. The molecule has 0 saturated carbocycles. The molecule has 0 fully saturated rings. The van der Waals surface area contributed by atoms with Crippen LogP contribution in [0.1, 0.15) is 34.5 Å². The van der Waals surface area contributed by atoms with Crippen LogP contribution in [-0.2, 0) is 12.8 Å². The van der Waals surface area contributed by atoms with Crippen molar-refractivity contribution in [2.75, 3.05) is 5.32 Å². The van der Waals surface area contributed by atoms with Crippen molar-refractivity contribution in [1.29, 1.82) is 0 Å². The van der Waals surface area contributed by atoms with Crippen LogP contribution < -0.4 is 16.4 Å². The number of benzene rings is 1. The van der Waals surface area contributed by atoms with Crippen LogP contribution in [0.5, 0.6) is 0 Å². The number of nitrogens with zero attached hydrogens (tertiary/aromatic N) is 1. The molecule has 8 heteroatoms. The van der Waals surface area contributed by atoms with E-state index in [1.165, 1.54) is 0 Å². The second kappa shape index (κ2) is 5.93. The molecule has 128 valence electrons. The molecule has 3 N–H and O–H groups in total. The summed E-state index contributed by atoms with van der Waals surface area (Å²) in [6.45, 7) is 0. The molecule has 0 saturated heterocycles. The molecule has 0 atom stereocenters. The summed E-state index contributed by atoms with van der Waals surface area (Å²) in [7, 11) is 0. The van der Waals surface area contributed by atoms with Crippen LogP contribution in [0.2, 0.25) is 5.02 Å². The van der Waals surface area contributed by atoms with Gasteiger partial charge < -0.3 is 10.3 Å². The number of anilines is 1. The average Bonchev–Trinajstić information content (AvgIpc) is 2.93. The van der Waals surface area contributed by atoms with Gasteiger partial charge in [-0.05, 0) is 37.8 Å². The first-order valence-electron chi connectivity index (χ1n) is 8.01. The molecule has 0 unspecified atom stereocenters. The Morgan fingerprint density at radius 3 is 2.72 bits per heavy atom. The third-order valence-electron chi connectivity index (χ3n) is 4.45. The van der Waals surface area contributed by atoms with Crippen LogP contribution in [0, 0.1) is 0 Å². The fourth-order valence-corrected chi connectivity index (χ4v) is 3.40. The Morgan fingerprint density at radius 2 is 1.92 bits per heavy atom. The van der Waals surface area contributed by atoms with Crippen molar-refractivity contribution < 1.29 is 4.79 Å². The van der Waals surface area contributed by atoms with Crippen LogP contribution in [0.4, 0.5) is 5.69 Å². The van der Waals surface area contributed by atoms with Gasteiger partial charge >= 0.3 is 0 Å². The van der Waals surface area contributed by atoms with Gasteiger partial charge in [-0.25, -0.2) is 0 Å². The molecular weight excluding hydrogens is 344 g/mol. The number of aromatic nitrogens is 3. The lowest BCUT2D eigenvalue weighted by atomic mass is 9.97. The molecule has 2 heterocycles. The minimum absolute atomic E-state index is 0.134. The summed E-state index contributed by atoms with van der Waals surface area (Å²) >= 11 is 6.04. The lowest BCUT2D eigenvalue weighted by Gasteiger charge is -2.15. The third-order valence-corrected chi connectivity index (χ3v) is 4.78. The van der Waals surface area contributed by atoms with Crippen molar-refractivity contribution in [1.82, 2.24) is 14.6 Å². The summed E-state index contributed by atoms with van der Waals surface area (Å²) in [5, 5.41) is 5.43. The highest BCUT2D eigenvalue weighted by Gasteiger charge is 2.23. The first kappa shape index (κ1) is 15.7. The first-order chi connectivity index (χ1) is 12.1. The molecule has 1 aliphatic carbocycles. The van der Waals surface area contributed by atoms with E-state index in [0.29, 0.717) is 22.7 Å². The smallest absolute Gasteiger partial charge is 0.279 e. The molecule has 0 aliphatic heterocycles. The second-order valence-corrected chi connectivity index (χ2v) is 6.44. The SMILES string of the molecule is O=C(Nc1ccccc1Cl)c1c(=O)[nH]n2c(=O)c3c([nH]c12)CCCC3. The Kier molecular flexibility index (Phi) is 3.73. The van der Waals surface area contributed by atoms with Gasteiger partial charge in [0.05, 0.1) is 10.7 Å². The zero-order valence-corrected chi connectivity index (χ0v) is 13.9. The van der Waals surface area contributed by atoms with Gasteiger partial charge in [0.2, 0.25) is 0 Å². The highest BCUT2D eigenvalue weighted by Crippen LogP contribution is 2.22. The van der Waals surface area contributed by atoms with Crippen molar-refractivity contribution in [3.63, 3.8) is 0 Å². The number of halogens is 1. The van der Waals surface area contributed by atoms with Gasteiger partial charge in [-0.1, -0.05) is 23.7 Å². The number of amides is 1. The number of H-pyrrole nitrogens is 2. The van der Waals surface area contributed by atoms with E-state index in [4.69, 9.17) is 11.6 Å². The molecule has 4 rings (SSSR count). The topological polar surface area (TPSA) is 99.2 Å². The van der Waals surface area contributed by atoms with E-state index in [9.17, 15) is 14.4 Å². The predicted molar refractivity (Wildman–Crippen MR) is 94.7 cm³/mol. The highest BCUT2D eigenvalue weighted by molar-refractivity contribution is 6.34. The molecule has 1 aromatic carbocycles. The van der Waals surface area contributed by atoms with Crippen molar-refractivity contribution in [3.05, 3.63) is 66.8 Å². The number of rotatable bonds is 2. The van der Waals surface area contributed by atoms with Gasteiger partial charge in [0.1, 0.15) is 5.56 Å². The lowest BCUT2D eigenvalue weighted by molar-refractivity contribution is 0.102. The molecule has 25 heavy (non-hydrogen) atoms. The Bertz CT molecular complexity index is 1110. The number of carbonyl (C=O) groups is 1. The van der Waals surface area contributed by atoms with E-state index in [1.807, 2.05) is 0 Å². The zero-order valence-electron chi connectivity index (χ0n) is 13.2.